The monoisotopic (exact) mass is 459 g/mol. The molecule has 0 spiro atoms. The van der Waals surface area contributed by atoms with Gasteiger partial charge < -0.3 is 5.32 Å². The maximum atomic E-state index is 13.9. The van der Waals surface area contributed by atoms with Crippen molar-refractivity contribution >= 4 is 60.7 Å². The molecule has 1 N–H and O–H groups in total. The number of carbonyl (C=O) groups is 1. The lowest BCUT2D eigenvalue weighted by atomic mass is 10.1. The first-order valence-electron chi connectivity index (χ1n) is 8.65. The number of anilines is 1. The van der Waals surface area contributed by atoms with Gasteiger partial charge in [-0.2, -0.15) is 0 Å². The lowest BCUT2D eigenvalue weighted by molar-refractivity contribution is -0.113. The van der Waals surface area contributed by atoms with Crippen molar-refractivity contribution in [1.29, 1.82) is 0 Å². The molecule has 6 nitrogen and oxygen atoms in total. The van der Waals surface area contributed by atoms with Crippen molar-refractivity contribution in [2.24, 2.45) is 0 Å². The predicted octanol–water partition coefficient (Wildman–Crippen LogP) is 5.08. The molecular weight excluding hydrogens is 448 g/mol. The molecule has 0 atom stereocenters. The number of halogens is 2. The summed E-state index contributed by atoms with van der Waals surface area (Å²) in [4.78, 5) is 17.3. The summed E-state index contributed by atoms with van der Waals surface area (Å²) in [5.41, 5.74) is 1.31. The van der Waals surface area contributed by atoms with E-state index in [1.807, 2.05) is 28.7 Å². The molecule has 0 radical (unpaired) electrons. The number of nitrogens with zero attached hydrogens (tertiary/aromatic N) is 4. The number of thiazole rings is 2. The number of para-hydroxylation sites is 1. The Hall–Kier alpha value is -2.89. The summed E-state index contributed by atoms with van der Waals surface area (Å²) in [5, 5.41) is 13.5. The quantitative estimate of drug-likeness (QED) is 0.371. The van der Waals surface area contributed by atoms with Gasteiger partial charge in [-0.25, -0.2) is 13.8 Å². The van der Waals surface area contributed by atoms with Crippen molar-refractivity contribution < 1.29 is 13.6 Å². The molecule has 11 heteroatoms. The molecule has 3 aromatic heterocycles. The number of benzene rings is 2. The summed E-state index contributed by atoms with van der Waals surface area (Å²) < 4.78 is 30.3. The highest BCUT2D eigenvalue weighted by Gasteiger charge is 2.16. The Kier molecular flexibility index (Phi) is 4.93. The number of amides is 1. The fraction of sp³-hybridized carbons (Fsp3) is 0.0526. The van der Waals surface area contributed by atoms with Crippen LogP contribution in [0.3, 0.4) is 0 Å². The molecule has 0 bridgehead atoms. The van der Waals surface area contributed by atoms with Crippen LogP contribution < -0.4 is 5.32 Å². The van der Waals surface area contributed by atoms with Gasteiger partial charge in [0.2, 0.25) is 10.9 Å². The third-order valence-corrected chi connectivity index (χ3v) is 6.90. The van der Waals surface area contributed by atoms with Gasteiger partial charge in [0.1, 0.15) is 11.6 Å². The van der Waals surface area contributed by atoms with Gasteiger partial charge in [0.25, 0.3) is 0 Å². The van der Waals surface area contributed by atoms with E-state index in [9.17, 15) is 13.6 Å². The number of nitrogens with one attached hydrogen (secondary N) is 1. The minimum absolute atomic E-state index is 0.0521. The topological polar surface area (TPSA) is 72.2 Å². The van der Waals surface area contributed by atoms with Crippen LogP contribution in [0.25, 0.3) is 26.4 Å². The second kappa shape index (κ2) is 7.74. The molecule has 0 saturated heterocycles. The van der Waals surface area contributed by atoms with Crippen LogP contribution >= 0.6 is 34.4 Å². The Morgan fingerprint density at radius 2 is 2.03 bits per heavy atom. The Morgan fingerprint density at radius 1 is 1.17 bits per heavy atom. The zero-order valence-electron chi connectivity index (χ0n) is 15.0. The fourth-order valence-electron chi connectivity index (χ4n) is 2.88. The van der Waals surface area contributed by atoms with E-state index in [1.165, 1.54) is 23.1 Å². The third kappa shape index (κ3) is 3.55. The first-order valence-corrected chi connectivity index (χ1v) is 11.3. The Bertz CT molecular complexity index is 1390. The first-order chi connectivity index (χ1) is 14.6. The summed E-state index contributed by atoms with van der Waals surface area (Å²) in [7, 11) is 0. The van der Waals surface area contributed by atoms with Gasteiger partial charge in [0.05, 0.1) is 21.7 Å². The van der Waals surface area contributed by atoms with Gasteiger partial charge in [-0.1, -0.05) is 35.2 Å². The molecule has 0 unspecified atom stereocenters. The van der Waals surface area contributed by atoms with Gasteiger partial charge in [0, 0.05) is 10.9 Å². The average Bonchev–Trinajstić information content (AvgIpc) is 3.44. The molecule has 0 aliphatic carbocycles. The molecular formula is C19H11F2N5OS3. The molecule has 150 valence electrons. The molecule has 30 heavy (non-hydrogen) atoms. The maximum Gasteiger partial charge on any atom is 0.236 e. The van der Waals surface area contributed by atoms with Crippen molar-refractivity contribution in [2.45, 2.75) is 5.16 Å². The van der Waals surface area contributed by atoms with Crippen LogP contribution in [-0.4, -0.2) is 31.2 Å². The van der Waals surface area contributed by atoms with Crippen molar-refractivity contribution in [3.63, 3.8) is 0 Å². The summed E-state index contributed by atoms with van der Waals surface area (Å²) in [5.74, 6) is -1.30. The summed E-state index contributed by atoms with van der Waals surface area (Å²) in [6, 6.07) is 11.1. The number of thioether (sulfide) groups is 1. The van der Waals surface area contributed by atoms with E-state index in [0.29, 0.717) is 10.3 Å². The fourth-order valence-corrected chi connectivity index (χ4v) is 5.38. The van der Waals surface area contributed by atoms with Crippen molar-refractivity contribution in [3.05, 3.63) is 59.5 Å². The van der Waals surface area contributed by atoms with Crippen LogP contribution in [0.4, 0.5) is 13.9 Å². The largest absolute Gasteiger partial charge is 0.301 e. The van der Waals surface area contributed by atoms with Crippen molar-refractivity contribution in [1.82, 2.24) is 19.6 Å². The number of carbonyl (C=O) groups excluding carboxylic acids is 1. The highest BCUT2D eigenvalue weighted by Crippen LogP contribution is 2.30. The van der Waals surface area contributed by atoms with E-state index < -0.39 is 11.6 Å². The third-order valence-electron chi connectivity index (χ3n) is 4.20. The van der Waals surface area contributed by atoms with Gasteiger partial charge in [-0.3, -0.25) is 9.20 Å². The number of fused-ring (bicyclic) bond motifs is 3. The first kappa shape index (κ1) is 19.1. The molecule has 5 rings (SSSR count). The second-order valence-corrected chi connectivity index (χ2v) is 8.98. The molecule has 5 aromatic rings. The van der Waals surface area contributed by atoms with Crippen LogP contribution in [-0.2, 0) is 4.79 Å². The SMILES string of the molecule is O=C(CSc1nnc2sc3ccccc3n12)Nc1nc(-c2cc(F)ccc2F)cs1. The maximum absolute atomic E-state index is 13.9. The van der Waals surface area contributed by atoms with Crippen LogP contribution in [0.2, 0.25) is 0 Å². The lowest BCUT2D eigenvalue weighted by Crippen LogP contribution is -2.14. The van der Waals surface area contributed by atoms with Crippen LogP contribution in [0, 0.1) is 11.6 Å². The van der Waals surface area contributed by atoms with Crippen molar-refractivity contribution in [3.8, 4) is 11.3 Å². The van der Waals surface area contributed by atoms with Gasteiger partial charge in [-0.05, 0) is 30.3 Å². The molecule has 0 saturated carbocycles. The zero-order chi connectivity index (χ0) is 20.7. The van der Waals surface area contributed by atoms with E-state index in [1.54, 1.807) is 5.38 Å². The molecule has 0 aliphatic rings. The Balaban J connectivity index is 1.29. The number of rotatable bonds is 5. The zero-order valence-corrected chi connectivity index (χ0v) is 17.5. The highest BCUT2D eigenvalue weighted by atomic mass is 32.2. The van der Waals surface area contributed by atoms with Gasteiger partial charge >= 0.3 is 0 Å². The smallest absolute Gasteiger partial charge is 0.236 e. The highest BCUT2D eigenvalue weighted by molar-refractivity contribution is 7.99. The van der Waals surface area contributed by atoms with Gasteiger partial charge in [-0.15, -0.1) is 21.5 Å². The Morgan fingerprint density at radius 3 is 2.93 bits per heavy atom. The lowest BCUT2D eigenvalue weighted by Gasteiger charge is -2.02. The summed E-state index contributed by atoms with van der Waals surface area (Å²) in [6.45, 7) is 0. The molecule has 2 aromatic carbocycles. The minimum Gasteiger partial charge on any atom is -0.301 e. The van der Waals surface area contributed by atoms with Crippen molar-refractivity contribution in [2.75, 3.05) is 11.1 Å². The predicted molar refractivity (Wildman–Crippen MR) is 115 cm³/mol. The molecule has 1 amide bonds. The van der Waals surface area contributed by atoms with E-state index in [4.69, 9.17) is 0 Å². The van der Waals surface area contributed by atoms with E-state index in [-0.39, 0.29) is 22.9 Å². The number of aromatic nitrogens is 4. The average molecular weight is 460 g/mol. The minimum atomic E-state index is -0.575. The summed E-state index contributed by atoms with van der Waals surface area (Å²) >= 11 is 3.94. The standard InChI is InChI=1S/C19H11F2N5OS3/c20-10-5-6-12(21)11(7-10)13-8-28-17(22-13)23-16(27)9-29-18-24-25-19-26(18)14-3-1-2-4-15(14)30-19/h1-8H,9H2,(H,22,23,27). The normalized spacial score (nSPS) is 11.4. The van der Waals surface area contributed by atoms with E-state index in [2.05, 4.69) is 20.5 Å². The number of hydrogen-bond acceptors (Lipinski definition) is 7. The molecule has 0 fully saturated rings. The molecule has 3 heterocycles. The van der Waals surface area contributed by atoms with Crippen LogP contribution in [0.1, 0.15) is 0 Å². The van der Waals surface area contributed by atoms with E-state index in [0.717, 1.165) is 44.7 Å². The second-order valence-electron chi connectivity index (χ2n) is 6.17. The molecule has 0 aliphatic heterocycles. The van der Waals surface area contributed by atoms with Gasteiger partial charge in [0.15, 0.2) is 10.3 Å². The van der Waals surface area contributed by atoms with Crippen LogP contribution in [0.15, 0.2) is 53.0 Å². The van der Waals surface area contributed by atoms with Crippen LogP contribution in [0.5, 0.6) is 0 Å². The number of hydrogen-bond donors (Lipinski definition) is 1. The summed E-state index contributed by atoms with van der Waals surface area (Å²) in [6.07, 6.45) is 0. The van der Waals surface area contributed by atoms with E-state index >= 15 is 0 Å². The Labute approximate surface area is 180 Å².